The molecule has 1 heteroatoms. The molecule has 0 saturated carbocycles. The second kappa shape index (κ2) is 5.00. The third-order valence-electron chi connectivity index (χ3n) is 2.50. The van der Waals surface area contributed by atoms with Crippen molar-refractivity contribution in [2.24, 2.45) is 0 Å². The predicted octanol–water partition coefficient (Wildman–Crippen LogP) is 3.41. The Kier molecular flexibility index (Phi) is 3.94. The van der Waals surface area contributed by atoms with E-state index >= 15 is 0 Å². The van der Waals surface area contributed by atoms with E-state index in [2.05, 4.69) is 13.8 Å². The number of rotatable bonds is 2. The standard InChI is InChI=1S/C12H18O/c1-3-7-11-10(2)8-5-4-6-9-12(11)13/h6,9H,3-5,7-8H2,1-2H3/b9-6-,11-10?. The number of ketones is 1. The highest BCUT2D eigenvalue weighted by Crippen LogP contribution is 2.20. The topological polar surface area (TPSA) is 17.1 Å². The maximum absolute atomic E-state index is 11.6. The van der Waals surface area contributed by atoms with Gasteiger partial charge in [0.2, 0.25) is 0 Å². The molecule has 0 aromatic carbocycles. The van der Waals surface area contributed by atoms with Crippen LogP contribution in [0, 0.1) is 0 Å². The van der Waals surface area contributed by atoms with Crippen LogP contribution in [0.5, 0.6) is 0 Å². The van der Waals surface area contributed by atoms with Crippen LogP contribution >= 0.6 is 0 Å². The number of allylic oxidation sites excluding steroid dienone is 4. The Labute approximate surface area is 80.5 Å². The lowest BCUT2D eigenvalue weighted by molar-refractivity contribution is -0.111. The van der Waals surface area contributed by atoms with E-state index in [9.17, 15) is 4.79 Å². The van der Waals surface area contributed by atoms with Crippen LogP contribution in [0.25, 0.3) is 0 Å². The highest BCUT2D eigenvalue weighted by molar-refractivity contribution is 6.04. The van der Waals surface area contributed by atoms with Crippen molar-refractivity contribution in [1.29, 1.82) is 0 Å². The second-order valence-corrected chi connectivity index (χ2v) is 3.67. The molecule has 0 bridgehead atoms. The normalized spacial score (nSPS) is 21.2. The molecule has 0 aromatic heterocycles. The number of hydrogen-bond donors (Lipinski definition) is 0. The molecule has 0 unspecified atom stereocenters. The molecule has 72 valence electrons. The first-order chi connectivity index (χ1) is 6.25. The molecule has 0 N–H and O–H groups in total. The van der Waals surface area contributed by atoms with Crippen molar-refractivity contribution >= 4 is 5.78 Å². The molecule has 13 heavy (non-hydrogen) atoms. The summed E-state index contributed by atoms with van der Waals surface area (Å²) in [6.07, 6.45) is 9.07. The molecule has 1 rings (SSSR count). The molecular weight excluding hydrogens is 160 g/mol. The van der Waals surface area contributed by atoms with Crippen LogP contribution in [-0.2, 0) is 4.79 Å². The molecule has 0 saturated heterocycles. The third-order valence-corrected chi connectivity index (χ3v) is 2.50. The van der Waals surface area contributed by atoms with Gasteiger partial charge in [0.25, 0.3) is 0 Å². The van der Waals surface area contributed by atoms with Crippen LogP contribution in [0.4, 0.5) is 0 Å². The SMILES string of the molecule is CCCC1=C(C)CCC/C=C\C1=O. The zero-order chi connectivity index (χ0) is 9.68. The number of hydrogen-bond acceptors (Lipinski definition) is 1. The summed E-state index contributed by atoms with van der Waals surface area (Å²) >= 11 is 0. The van der Waals surface area contributed by atoms with Gasteiger partial charge in [-0.15, -0.1) is 0 Å². The van der Waals surface area contributed by atoms with E-state index in [0.29, 0.717) is 0 Å². The van der Waals surface area contributed by atoms with Crippen molar-refractivity contribution in [1.82, 2.24) is 0 Å². The van der Waals surface area contributed by atoms with Crippen molar-refractivity contribution in [3.63, 3.8) is 0 Å². The highest BCUT2D eigenvalue weighted by atomic mass is 16.1. The predicted molar refractivity (Wildman–Crippen MR) is 55.6 cm³/mol. The van der Waals surface area contributed by atoms with Crippen molar-refractivity contribution in [2.45, 2.75) is 46.0 Å². The number of carbonyl (C=O) groups is 1. The molecule has 0 fully saturated rings. The Balaban J connectivity index is 2.84. The van der Waals surface area contributed by atoms with Crippen molar-refractivity contribution in [3.8, 4) is 0 Å². The van der Waals surface area contributed by atoms with E-state index in [4.69, 9.17) is 0 Å². The smallest absolute Gasteiger partial charge is 0.181 e. The van der Waals surface area contributed by atoms with Gasteiger partial charge in [0, 0.05) is 0 Å². The van der Waals surface area contributed by atoms with Gasteiger partial charge in [-0.25, -0.2) is 0 Å². The van der Waals surface area contributed by atoms with E-state index in [1.165, 1.54) is 12.0 Å². The van der Waals surface area contributed by atoms with Gasteiger partial charge in [0.05, 0.1) is 0 Å². The molecule has 0 amide bonds. The summed E-state index contributed by atoms with van der Waals surface area (Å²) < 4.78 is 0. The molecule has 0 spiro atoms. The first-order valence-electron chi connectivity index (χ1n) is 5.15. The second-order valence-electron chi connectivity index (χ2n) is 3.67. The summed E-state index contributed by atoms with van der Waals surface area (Å²) in [5, 5.41) is 0. The lowest BCUT2D eigenvalue weighted by Gasteiger charge is -2.10. The Bertz CT molecular complexity index is 246. The Morgan fingerprint density at radius 2 is 2.23 bits per heavy atom. The Morgan fingerprint density at radius 3 is 2.92 bits per heavy atom. The fourth-order valence-electron chi connectivity index (χ4n) is 1.72. The highest BCUT2D eigenvalue weighted by Gasteiger charge is 2.10. The van der Waals surface area contributed by atoms with Gasteiger partial charge in [-0.05, 0) is 44.3 Å². The minimum absolute atomic E-state index is 0.235. The van der Waals surface area contributed by atoms with Crippen molar-refractivity contribution in [3.05, 3.63) is 23.3 Å². The fourth-order valence-corrected chi connectivity index (χ4v) is 1.72. The van der Waals surface area contributed by atoms with E-state index in [1.807, 2.05) is 6.08 Å². The summed E-state index contributed by atoms with van der Waals surface area (Å²) in [5.41, 5.74) is 2.36. The average molecular weight is 178 g/mol. The van der Waals surface area contributed by atoms with Gasteiger partial charge < -0.3 is 0 Å². The van der Waals surface area contributed by atoms with Crippen LogP contribution in [0.1, 0.15) is 46.0 Å². The first kappa shape index (κ1) is 10.2. The molecule has 0 aromatic rings. The molecule has 0 radical (unpaired) electrons. The van der Waals surface area contributed by atoms with Crippen LogP contribution in [0.2, 0.25) is 0 Å². The number of carbonyl (C=O) groups excluding carboxylic acids is 1. The van der Waals surface area contributed by atoms with Gasteiger partial charge in [-0.3, -0.25) is 4.79 Å². The lowest BCUT2D eigenvalue weighted by Crippen LogP contribution is -2.03. The summed E-state index contributed by atoms with van der Waals surface area (Å²) in [6, 6.07) is 0. The maximum atomic E-state index is 11.6. The van der Waals surface area contributed by atoms with Gasteiger partial charge >= 0.3 is 0 Å². The van der Waals surface area contributed by atoms with Gasteiger partial charge in [-0.2, -0.15) is 0 Å². The molecule has 1 aliphatic carbocycles. The van der Waals surface area contributed by atoms with E-state index in [-0.39, 0.29) is 5.78 Å². The van der Waals surface area contributed by atoms with E-state index in [1.54, 1.807) is 6.08 Å². The molecule has 1 aliphatic rings. The Morgan fingerprint density at radius 1 is 1.46 bits per heavy atom. The minimum Gasteiger partial charge on any atom is -0.290 e. The van der Waals surface area contributed by atoms with Crippen molar-refractivity contribution < 1.29 is 4.79 Å². The summed E-state index contributed by atoms with van der Waals surface area (Å²) in [7, 11) is 0. The Hall–Kier alpha value is -0.850. The van der Waals surface area contributed by atoms with Crippen LogP contribution in [-0.4, -0.2) is 5.78 Å². The van der Waals surface area contributed by atoms with Crippen LogP contribution in [0.3, 0.4) is 0 Å². The molecular formula is C12H18O. The minimum atomic E-state index is 0.235. The maximum Gasteiger partial charge on any atom is 0.181 e. The summed E-state index contributed by atoms with van der Waals surface area (Å²) in [5.74, 6) is 0.235. The molecule has 0 heterocycles. The largest absolute Gasteiger partial charge is 0.290 e. The van der Waals surface area contributed by atoms with Gasteiger partial charge in [0.1, 0.15) is 0 Å². The zero-order valence-electron chi connectivity index (χ0n) is 8.60. The van der Waals surface area contributed by atoms with E-state index < -0.39 is 0 Å². The summed E-state index contributed by atoms with van der Waals surface area (Å²) in [6.45, 7) is 4.22. The molecule has 1 nitrogen and oxygen atoms in total. The van der Waals surface area contributed by atoms with Crippen LogP contribution in [0.15, 0.2) is 23.3 Å². The van der Waals surface area contributed by atoms with Gasteiger partial charge in [-0.1, -0.05) is 25.0 Å². The average Bonchev–Trinajstić information content (AvgIpc) is 2.11. The third kappa shape index (κ3) is 2.83. The van der Waals surface area contributed by atoms with Crippen LogP contribution < -0.4 is 0 Å². The van der Waals surface area contributed by atoms with Crippen molar-refractivity contribution in [2.75, 3.05) is 0 Å². The first-order valence-corrected chi connectivity index (χ1v) is 5.15. The van der Waals surface area contributed by atoms with Gasteiger partial charge in [0.15, 0.2) is 5.78 Å². The fraction of sp³-hybridized carbons (Fsp3) is 0.583. The van der Waals surface area contributed by atoms with E-state index in [0.717, 1.165) is 31.3 Å². The zero-order valence-corrected chi connectivity index (χ0v) is 8.60. The lowest BCUT2D eigenvalue weighted by atomic mass is 9.94. The summed E-state index contributed by atoms with van der Waals surface area (Å²) in [4.78, 5) is 11.6. The molecule has 0 aliphatic heterocycles. The quantitative estimate of drug-likeness (QED) is 0.633. The molecule has 0 atom stereocenters. The monoisotopic (exact) mass is 178 g/mol.